The number of sulfonamides is 2. The number of nitrogens with zero attached hydrogens (tertiary/aromatic N) is 2. The second-order valence-electron chi connectivity index (χ2n) is 13.5. The van der Waals surface area contributed by atoms with Crippen molar-refractivity contribution >= 4 is 50.0 Å². The van der Waals surface area contributed by atoms with E-state index < -0.39 is 49.8 Å². The largest absolute Gasteiger partial charge is 0.465 e. The maximum absolute atomic E-state index is 13.1. The van der Waals surface area contributed by atoms with Gasteiger partial charge >= 0.3 is 12.2 Å². The van der Waals surface area contributed by atoms with E-state index in [1.54, 1.807) is 39.0 Å². The van der Waals surface area contributed by atoms with E-state index in [1.807, 2.05) is 0 Å². The number of rotatable bonds is 10. The number of nitrogens with two attached hydrogens (primary N) is 2. The standard InChI is InChI=1S/C10H17N3O4S.C9H8FNO2.C9H13NO3S.C5H11NO2/c1-2-18(16,17)12-6-5-9(14)13-7-3-4-8(13)10(11)15;10-8-3-1-2-6-4-11(9(12)13)5-7(6)8;1-2-6-5-8(6)9(11)10-14(12,13)7-3-4-7;1-5(2,3)8-4(6)7/h2,8,12H,1,3-7H2,(H2,11,15);1-3H,4-5H2,(H,12,13);2,6-8H,1,3-5H2,(H,10,11);1-3H3,(H2,6,7)/t8-;;6?,8-;/m0.0./s1. The number of ether oxygens (including phenoxy) is 1. The summed E-state index contributed by atoms with van der Waals surface area (Å²) in [4.78, 5) is 57.5. The normalized spacial score (nSPS) is 20.0. The number of benzene rings is 1. The van der Waals surface area contributed by atoms with Gasteiger partial charge in [-0.25, -0.2) is 35.5 Å². The zero-order chi connectivity index (χ0) is 40.3. The number of halogens is 1. The Hall–Kier alpha value is -4.56. The molecule has 2 aliphatic carbocycles. The molecule has 2 heterocycles. The molecular formula is C33H49FN6O11S2. The molecule has 2 saturated carbocycles. The molecule has 0 radical (unpaired) electrons. The predicted molar refractivity (Wildman–Crippen MR) is 192 cm³/mol. The lowest BCUT2D eigenvalue weighted by Crippen LogP contribution is -2.44. The topological polar surface area (TPSA) is 266 Å². The Morgan fingerprint density at radius 2 is 1.70 bits per heavy atom. The fourth-order valence-electron chi connectivity index (χ4n) is 5.14. The fraction of sp³-hybridized carbons (Fsp3) is 0.545. The number of carboxylic acid groups (broad SMARTS) is 1. The lowest BCUT2D eigenvalue weighted by molar-refractivity contribution is -0.137. The zero-order valence-corrected chi connectivity index (χ0v) is 31.6. The molecule has 0 bridgehead atoms. The average molecular weight is 789 g/mol. The van der Waals surface area contributed by atoms with Gasteiger partial charge in [-0.3, -0.25) is 24.0 Å². The Bertz CT molecular complexity index is 1760. The summed E-state index contributed by atoms with van der Waals surface area (Å²) in [5, 5.41) is 9.13. The van der Waals surface area contributed by atoms with Crippen LogP contribution in [0.15, 0.2) is 42.8 Å². The van der Waals surface area contributed by atoms with E-state index in [4.69, 9.17) is 16.6 Å². The molecular weight excluding hydrogens is 740 g/mol. The van der Waals surface area contributed by atoms with Crippen LogP contribution in [0.25, 0.3) is 0 Å². The third kappa shape index (κ3) is 15.1. The van der Waals surface area contributed by atoms with Gasteiger partial charge in [0.25, 0.3) is 0 Å². The van der Waals surface area contributed by atoms with Gasteiger partial charge in [0.1, 0.15) is 17.5 Å². The first-order valence-electron chi connectivity index (χ1n) is 16.6. The van der Waals surface area contributed by atoms with Crippen molar-refractivity contribution in [3.8, 4) is 0 Å². The minimum Gasteiger partial charge on any atom is -0.465 e. The van der Waals surface area contributed by atoms with Crippen molar-refractivity contribution in [2.75, 3.05) is 13.1 Å². The van der Waals surface area contributed by atoms with Crippen molar-refractivity contribution in [3.05, 3.63) is 59.8 Å². The van der Waals surface area contributed by atoms with Crippen molar-refractivity contribution in [1.29, 1.82) is 0 Å². The third-order valence-electron chi connectivity index (χ3n) is 8.05. The lowest BCUT2D eigenvalue weighted by Gasteiger charge is -2.22. The van der Waals surface area contributed by atoms with Gasteiger partial charge in [0.2, 0.25) is 37.8 Å². The van der Waals surface area contributed by atoms with Gasteiger partial charge in [-0.1, -0.05) is 24.8 Å². The molecule has 5 rings (SSSR count). The number of hydrogen-bond acceptors (Lipinski definition) is 10. The van der Waals surface area contributed by atoms with E-state index >= 15 is 0 Å². The van der Waals surface area contributed by atoms with E-state index in [0.29, 0.717) is 37.9 Å². The lowest BCUT2D eigenvalue weighted by atomic mass is 10.1. The SMILES string of the molecule is C=CC1C[C@@H]1C(=O)NS(=O)(=O)C1CC1.C=CS(=O)(=O)NCCC(=O)N1CCC[C@H]1C(N)=O.CC(C)(C)OC(N)=O.O=C(O)N1Cc2cccc(F)c2C1. The van der Waals surface area contributed by atoms with Crippen molar-refractivity contribution in [2.24, 2.45) is 23.3 Å². The minimum atomic E-state index is -3.52. The van der Waals surface area contributed by atoms with E-state index in [-0.39, 0.29) is 54.2 Å². The minimum absolute atomic E-state index is 0.00312. The second kappa shape index (κ2) is 19.0. The molecule has 1 aromatic carbocycles. The molecule has 20 heteroatoms. The van der Waals surface area contributed by atoms with Crippen LogP contribution in [-0.2, 0) is 52.3 Å². The fourth-order valence-corrected chi connectivity index (χ4v) is 7.00. The molecule has 7 N–H and O–H groups in total. The number of nitrogens with one attached hydrogen (secondary N) is 2. The number of amides is 5. The van der Waals surface area contributed by atoms with Crippen LogP contribution < -0.4 is 20.9 Å². The molecule has 5 amide bonds. The van der Waals surface area contributed by atoms with E-state index in [2.05, 4.69) is 27.3 Å². The summed E-state index contributed by atoms with van der Waals surface area (Å²) in [7, 11) is -6.87. The van der Waals surface area contributed by atoms with Gasteiger partial charge in [0.15, 0.2) is 0 Å². The highest BCUT2D eigenvalue weighted by Crippen LogP contribution is 2.40. The number of fused-ring (bicyclic) bond motifs is 1. The number of carbonyl (C=O) groups is 5. The van der Waals surface area contributed by atoms with Gasteiger partial charge < -0.3 is 26.2 Å². The van der Waals surface area contributed by atoms with Crippen LogP contribution in [0.2, 0.25) is 0 Å². The summed E-state index contributed by atoms with van der Waals surface area (Å²) < 4.78 is 66.9. The van der Waals surface area contributed by atoms with Crippen LogP contribution >= 0.6 is 0 Å². The predicted octanol–water partition coefficient (Wildman–Crippen LogP) is 2.03. The van der Waals surface area contributed by atoms with Crippen LogP contribution in [0, 0.1) is 17.7 Å². The van der Waals surface area contributed by atoms with Gasteiger partial charge in [-0.05, 0) is 70.4 Å². The first-order chi connectivity index (χ1) is 24.5. The number of carbonyl (C=O) groups excluding carboxylic acids is 4. The summed E-state index contributed by atoms with van der Waals surface area (Å²) >= 11 is 0. The van der Waals surface area contributed by atoms with Gasteiger partial charge in [-0.2, -0.15) is 0 Å². The summed E-state index contributed by atoms with van der Waals surface area (Å²) in [6, 6.07) is 4.14. The molecule has 3 fully saturated rings. The maximum Gasteiger partial charge on any atom is 0.407 e. The van der Waals surface area contributed by atoms with Crippen molar-refractivity contribution < 1.29 is 55.0 Å². The molecule has 296 valence electrons. The molecule has 0 aromatic heterocycles. The Balaban J connectivity index is 0.000000253. The molecule has 0 spiro atoms. The van der Waals surface area contributed by atoms with Gasteiger partial charge in [-0.15, -0.1) is 6.58 Å². The van der Waals surface area contributed by atoms with Gasteiger partial charge in [0.05, 0.1) is 11.8 Å². The van der Waals surface area contributed by atoms with Crippen LogP contribution in [-0.4, -0.2) is 91.6 Å². The Morgan fingerprint density at radius 3 is 2.15 bits per heavy atom. The molecule has 53 heavy (non-hydrogen) atoms. The number of hydrogen-bond donors (Lipinski definition) is 5. The number of primary amides is 2. The summed E-state index contributed by atoms with van der Waals surface area (Å²) in [6.07, 6.45) is 3.36. The van der Waals surface area contributed by atoms with Crippen LogP contribution in [0.3, 0.4) is 0 Å². The van der Waals surface area contributed by atoms with E-state index in [9.17, 15) is 45.2 Å². The highest BCUT2D eigenvalue weighted by molar-refractivity contribution is 7.92. The molecule has 1 saturated heterocycles. The zero-order valence-electron chi connectivity index (χ0n) is 30.0. The monoisotopic (exact) mass is 788 g/mol. The van der Waals surface area contributed by atoms with Crippen LogP contribution in [0.1, 0.15) is 70.4 Å². The van der Waals surface area contributed by atoms with E-state index in [1.165, 1.54) is 15.9 Å². The molecule has 3 atom stereocenters. The highest BCUT2D eigenvalue weighted by atomic mass is 32.2. The number of likely N-dealkylation sites (tertiary alicyclic amines) is 1. The maximum atomic E-state index is 13.1. The quantitative estimate of drug-likeness (QED) is 0.214. The second-order valence-corrected chi connectivity index (χ2v) is 17.2. The summed E-state index contributed by atoms with van der Waals surface area (Å²) in [5.41, 5.74) is 10.7. The van der Waals surface area contributed by atoms with Crippen molar-refractivity contribution in [2.45, 2.75) is 89.3 Å². The van der Waals surface area contributed by atoms with Crippen molar-refractivity contribution in [3.63, 3.8) is 0 Å². The Kier molecular flexibility index (Phi) is 16.0. The molecule has 4 aliphatic rings. The third-order valence-corrected chi connectivity index (χ3v) is 10.9. The smallest absolute Gasteiger partial charge is 0.407 e. The first kappa shape index (κ1) is 44.6. The Labute approximate surface area is 309 Å². The summed E-state index contributed by atoms with van der Waals surface area (Å²) in [5.74, 6) is -1.47. The molecule has 1 unspecified atom stereocenters. The Morgan fingerprint density at radius 1 is 1.06 bits per heavy atom. The van der Waals surface area contributed by atoms with Crippen LogP contribution in [0.4, 0.5) is 14.0 Å². The first-order valence-corrected chi connectivity index (χ1v) is 19.7. The molecule has 17 nitrogen and oxygen atoms in total. The molecule has 2 aliphatic heterocycles. The van der Waals surface area contributed by atoms with Gasteiger partial charge in [0, 0.05) is 42.9 Å². The summed E-state index contributed by atoms with van der Waals surface area (Å²) in [6.45, 7) is 12.9. The van der Waals surface area contributed by atoms with E-state index in [0.717, 1.165) is 23.8 Å². The average Bonchev–Trinajstić information content (AvgIpc) is 3.96. The van der Waals surface area contributed by atoms with Crippen molar-refractivity contribution in [1.82, 2.24) is 19.2 Å². The number of allylic oxidation sites excluding steroid dienone is 1. The van der Waals surface area contributed by atoms with Crippen LogP contribution in [0.5, 0.6) is 0 Å². The highest BCUT2D eigenvalue weighted by Gasteiger charge is 2.44. The molecule has 1 aromatic rings.